The predicted octanol–water partition coefficient (Wildman–Crippen LogP) is 2.95. The molecule has 2 rings (SSSR count). The van der Waals surface area contributed by atoms with Crippen molar-refractivity contribution in [3.8, 4) is 0 Å². The van der Waals surface area contributed by atoms with Crippen molar-refractivity contribution in [1.82, 2.24) is 4.98 Å². The van der Waals surface area contributed by atoms with E-state index in [-0.39, 0.29) is 6.04 Å². The van der Waals surface area contributed by atoms with E-state index in [0.717, 1.165) is 5.69 Å². The van der Waals surface area contributed by atoms with E-state index in [4.69, 9.17) is 4.55 Å². The first-order chi connectivity index (χ1) is 10.3. The summed E-state index contributed by atoms with van der Waals surface area (Å²) in [7, 11) is -1.60. The predicted molar refractivity (Wildman–Crippen MR) is 89.5 cm³/mol. The summed E-state index contributed by atoms with van der Waals surface area (Å²) in [5.41, 5.74) is 2.37. The van der Waals surface area contributed by atoms with Crippen molar-refractivity contribution < 1.29 is 13.0 Å². The van der Waals surface area contributed by atoms with E-state index in [1.165, 1.54) is 5.56 Å². The van der Waals surface area contributed by atoms with Gasteiger partial charge in [0.15, 0.2) is 0 Å². The Morgan fingerprint density at radius 3 is 2.14 bits per heavy atom. The molecule has 0 aliphatic rings. The first kappa shape index (κ1) is 17.9. The van der Waals surface area contributed by atoms with E-state index >= 15 is 0 Å². The lowest BCUT2D eigenvalue weighted by atomic mass is 10.1. The number of likely N-dealkylation sites (N-methyl/N-ethyl adjacent to an activating group) is 1. The van der Waals surface area contributed by atoms with Crippen molar-refractivity contribution in [3.63, 3.8) is 0 Å². The third kappa shape index (κ3) is 6.51. The minimum atomic E-state index is -3.67. The summed E-state index contributed by atoms with van der Waals surface area (Å²) in [6.07, 6.45) is 6.27. The Balaban J connectivity index is 0.000000422. The summed E-state index contributed by atoms with van der Waals surface area (Å²) in [6.45, 7) is 3.93. The molecule has 0 saturated carbocycles. The van der Waals surface area contributed by atoms with Gasteiger partial charge in [0.1, 0.15) is 0 Å². The molecule has 1 unspecified atom stereocenters. The minimum Gasteiger partial charge on any atom is -0.364 e. The Hall–Kier alpha value is -2.18. The van der Waals surface area contributed by atoms with Gasteiger partial charge in [0, 0.05) is 25.1 Å². The quantitative estimate of drug-likeness (QED) is 0.693. The van der Waals surface area contributed by atoms with Gasteiger partial charge in [-0.15, -0.1) is 6.58 Å². The number of aromatic nitrogens is 1. The van der Waals surface area contributed by atoms with Crippen LogP contribution < -0.4 is 4.90 Å². The third-order valence-corrected chi connectivity index (χ3v) is 2.85. The molecule has 2 aromatic rings. The zero-order valence-electron chi connectivity index (χ0n) is 12.6. The second-order valence-electron chi connectivity index (χ2n) is 4.64. The highest BCUT2D eigenvalue weighted by molar-refractivity contribution is 7.85. The Labute approximate surface area is 131 Å². The van der Waals surface area contributed by atoms with Gasteiger partial charge in [0.25, 0.3) is 10.1 Å². The molecule has 1 atom stereocenters. The number of pyridine rings is 1. The Morgan fingerprint density at radius 2 is 1.68 bits per heavy atom. The SMILES string of the molecule is C=CC(c1ccccc1)N(C)c1ccncc1.CS(=O)(=O)O. The van der Waals surface area contributed by atoms with Gasteiger partial charge < -0.3 is 4.90 Å². The van der Waals surface area contributed by atoms with Gasteiger partial charge in [0.05, 0.1) is 12.3 Å². The van der Waals surface area contributed by atoms with Crippen LogP contribution in [0.4, 0.5) is 5.69 Å². The lowest BCUT2D eigenvalue weighted by molar-refractivity contribution is 0.490. The molecule has 1 aromatic heterocycles. The maximum absolute atomic E-state index is 9.19. The van der Waals surface area contributed by atoms with Crippen LogP contribution in [0.2, 0.25) is 0 Å². The van der Waals surface area contributed by atoms with Crippen LogP contribution in [-0.4, -0.2) is 31.3 Å². The first-order valence-electron chi connectivity index (χ1n) is 6.55. The summed E-state index contributed by atoms with van der Waals surface area (Å²) >= 11 is 0. The Kier molecular flexibility index (Phi) is 6.75. The van der Waals surface area contributed by atoms with Crippen LogP contribution in [0, 0.1) is 0 Å². The van der Waals surface area contributed by atoms with Gasteiger partial charge >= 0.3 is 0 Å². The topological polar surface area (TPSA) is 70.5 Å². The van der Waals surface area contributed by atoms with Gasteiger partial charge in [-0.3, -0.25) is 9.54 Å². The van der Waals surface area contributed by atoms with Crippen LogP contribution >= 0.6 is 0 Å². The molecule has 1 aromatic carbocycles. The van der Waals surface area contributed by atoms with Gasteiger partial charge in [-0.25, -0.2) is 0 Å². The first-order valence-corrected chi connectivity index (χ1v) is 8.40. The monoisotopic (exact) mass is 320 g/mol. The van der Waals surface area contributed by atoms with Crippen molar-refractivity contribution in [3.05, 3.63) is 73.1 Å². The Bertz CT molecular complexity index is 665. The van der Waals surface area contributed by atoms with Crippen molar-refractivity contribution in [1.29, 1.82) is 0 Å². The highest BCUT2D eigenvalue weighted by Crippen LogP contribution is 2.25. The van der Waals surface area contributed by atoms with Crippen LogP contribution in [0.25, 0.3) is 0 Å². The van der Waals surface area contributed by atoms with Crippen molar-refractivity contribution in [2.75, 3.05) is 18.2 Å². The summed E-state index contributed by atoms with van der Waals surface area (Å²) in [5, 5.41) is 0. The van der Waals surface area contributed by atoms with E-state index < -0.39 is 10.1 Å². The summed E-state index contributed by atoms with van der Waals surface area (Å²) in [5.74, 6) is 0. The molecule has 0 fully saturated rings. The fourth-order valence-corrected chi connectivity index (χ4v) is 1.91. The molecular formula is C16H20N2O3S. The number of hydrogen-bond donors (Lipinski definition) is 1. The highest BCUT2D eigenvalue weighted by Gasteiger charge is 2.13. The van der Waals surface area contributed by atoms with Gasteiger partial charge in [-0.1, -0.05) is 36.4 Å². The second-order valence-corrected chi connectivity index (χ2v) is 6.11. The number of benzene rings is 1. The average Bonchev–Trinajstić information content (AvgIpc) is 2.48. The molecule has 0 aliphatic carbocycles. The molecule has 1 heterocycles. The number of hydrogen-bond acceptors (Lipinski definition) is 4. The molecule has 22 heavy (non-hydrogen) atoms. The standard InChI is InChI=1S/C15H16N2.CH4O3S/c1-3-15(13-7-5-4-6-8-13)17(2)14-9-11-16-12-10-14;1-5(2,3)4/h3-12,15H,1H2,2H3;1H3,(H,2,3,4). The van der Waals surface area contributed by atoms with E-state index in [1.807, 2.05) is 36.4 Å². The Morgan fingerprint density at radius 1 is 1.18 bits per heavy atom. The van der Waals surface area contributed by atoms with Gasteiger partial charge in [0.2, 0.25) is 0 Å². The van der Waals surface area contributed by atoms with E-state index in [2.05, 4.69) is 35.6 Å². The van der Waals surface area contributed by atoms with Crippen LogP contribution in [0.1, 0.15) is 11.6 Å². The van der Waals surface area contributed by atoms with Crippen LogP contribution in [0.5, 0.6) is 0 Å². The smallest absolute Gasteiger partial charge is 0.261 e. The van der Waals surface area contributed by atoms with Crippen molar-refractivity contribution in [2.45, 2.75) is 6.04 Å². The number of anilines is 1. The van der Waals surface area contributed by atoms with Crippen LogP contribution in [-0.2, 0) is 10.1 Å². The normalized spacial score (nSPS) is 11.8. The fraction of sp³-hybridized carbons (Fsp3) is 0.188. The summed E-state index contributed by atoms with van der Waals surface area (Å²) < 4.78 is 25.9. The fourth-order valence-electron chi connectivity index (χ4n) is 1.91. The van der Waals surface area contributed by atoms with Gasteiger partial charge in [-0.05, 0) is 17.7 Å². The molecule has 1 N–H and O–H groups in total. The number of rotatable bonds is 4. The molecule has 5 nitrogen and oxygen atoms in total. The van der Waals surface area contributed by atoms with E-state index in [9.17, 15) is 8.42 Å². The van der Waals surface area contributed by atoms with Gasteiger partial charge in [-0.2, -0.15) is 8.42 Å². The molecule has 6 heteroatoms. The van der Waals surface area contributed by atoms with Crippen LogP contribution in [0.3, 0.4) is 0 Å². The lowest BCUT2D eigenvalue weighted by Crippen LogP contribution is -2.22. The number of nitrogens with zero attached hydrogens (tertiary/aromatic N) is 2. The molecule has 0 radical (unpaired) electrons. The van der Waals surface area contributed by atoms with E-state index in [0.29, 0.717) is 6.26 Å². The molecule has 0 aliphatic heterocycles. The third-order valence-electron chi connectivity index (χ3n) is 2.85. The summed E-state index contributed by atoms with van der Waals surface area (Å²) in [6, 6.07) is 14.5. The zero-order chi connectivity index (χ0) is 16.6. The molecule has 0 bridgehead atoms. The molecule has 0 saturated heterocycles. The zero-order valence-corrected chi connectivity index (χ0v) is 13.4. The highest BCUT2D eigenvalue weighted by atomic mass is 32.2. The van der Waals surface area contributed by atoms with E-state index in [1.54, 1.807) is 12.4 Å². The second kappa shape index (κ2) is 8.31. The molecule has 118 valence electrons. The van der Waals surface area contributed by atoms with Crippen LogP contribution in [0.15, 0.2) is 67.5 Å². The lowest BCUT2D eigenvalue weighted by Gasteiger charge is -2.27. The molecule has 0 spiro atoms. The molecular weight excluding hydrogens is 300 g/mol. The largest absolute Gasteiger partial charge is 0.364 e. The maximum Gasteiger partial charge on any atom is 0.261 e. The molecule has 0 amide bonds. The summed E-state index contributed by atoms with van der Waals surface area (Å²) in [4.78, 5) is 6.22. The average molecular weight is 320 g/mol. The van der Waals surface area contributed by atoms with Crippen molar-refractivity contribution >= 4 is 15.8 Å². The maximum atomic E-state index is 9.19. The van der Waals surface area contributed by atoms with Crippen molar-refractivity contribution in [2.24, 2.45) is 0 Å². The minimum absolute atomic E-state index is 0.179.